The molecule has 0 aromatic heterocycles. The van der Waals surface area contributed by atoms with Crippen LogP contribution in [-0.2, 0) is 4.74 Å². The van der Waals surface area contributed by atoms with Gasteiger partial charge in [0.25, 0.3) is 0 Å². The van der Waals surface area contributed by atoms with Crippen LogP contribution in [0.3, 0.4) is 0 Å². The Kier molecular flexibility index (Phi) is 3.79. The van der Waals surface area contributed by atoms with Gasteiger partial charge in [-0.3, -0.25) is 4.90 Å². The quantitative estimate of drug-likeness (QED) is 0.730. The molecule has 3 heteroatoms. The molecule has 1 aliphatic heterocycles. The SMILES string of the molecule is NCC(C1CCCC1)N1CCOCC1. The first-order valence-corrected chi connectivity index (χ1v) is 5.93. The van der Waals surface area contributed by atoms with Crippen molar-refractivity contribution in [1.29, 1.82) is 0 Å². The van der Waals surface area contributed by atoms with Gasteiger partial charge in [-0.1, -0.05) is 12.8 Å². The third-order valence-corrected chi connectivity index (χ3v) is 3.70. The second kappa shape index (κ2) is 5.10. The standard InChI is InChI=1S/C11H22N2O/c12-9-11(10-3-1-2-4-10)13-5-7-14-8-6-13/h10-11H,1-9,12H2. The summed E-state index contributed by atoms with van der Waals surface area (Å²) in [6.07, 6.45) is 5.59. The Morgan fingerprint density at radius 3 is 2.43 bits per heavy atom. The average Bonchev–Trinajstić information content (AvgIpc) is 2.74. The molecule has 2 N–H and O–H groups in total. The third kappa shape index (κ3) is 2.27. The first-order valence-electron chi connectivity index (χ1n) is 5.93. The third-order valence-electron chi connectivity index (χ3n) is 3.70. The van der Waals surface area contributed by atoms with Crippen molar-refractivity contribution >= 4 is 0 Å². The lowest BCUT2D eigenvalue weighted by Gasteiger charge is -2.37. The van der Waals surface area contributed by atoms with Crippen molar-refractivity contribution < 1.29 is 4.74 Å². The summed E-state index contributed by atoms with van der Waals surface area (Å²) < 4.78 is 5.37. The summed E-state index contributed by atoms with van der Waals surface area (Å²) in [6.45, 7) is 4.77. The van der Waals surface area contributed by atoms with E-state index in [-0.39, 0.29) is 0 Å². The van der Waals surface area contributed by atoms with Crippen LogP contribution in [0.5, 0.6) is 0 Å². The highest BCUT2D eigenvalue weighted by molar-refractivity contribution is 4.84. The molecule has 0 amide bonds. The zero-order chi connectivity index (χ0) is 9.80. The summed E-state index contributed by atoms with van der Waals surface area (Å²) in [7, 11) is 0. The maximum absolute atomic E-state index is 5.90. The normalized spacial score (nSPS) is 28.1. The molecule has 82 valence electrons. The second-order valence-corrected chi connectivity index (χ2v) is 4.50. The number of hydrogen-bond acceptors (Lipinski definition) is 3. The summed E-state index contributed by atoms with van der Waals surface area (Å²) in [5.74, 6) is 0.859. The first kappa shape index (κ1) is 10.4. The van der Waals surface area contributed by atoms with E-state index in [0.29, 0.717) is 6.04 Å². The fourth-order valence-electron chi connectivity index (χ4n) is 2.89. The highest BCUT2D eigenvalue weighted by Gasteiger charge is 2.29. The van der Waals surface area contributed by atoms with Crippen LogP contribution in [0.15, 0.2) is 0 Å². The van der Waals surface area contributed by atoms with Crippen molar-refractivity contribution in [1.82, 2.24) is 4.90 Å². The Labute approximate surface area is 86.6 Å². The molecule has 1 unspecified atom stereocenters. The van der Waals surface area contributed by atoms with Crippen molar-refractivity contribution in [2.45, 2.75) is 31.7 Å². The van der Waals surface area contributed by atoms with E-state index in [2.05, 4.69) is 4.90 Å². The largest absolute Gasteiger partial charge is 0.379 e. The minimum absolute atomic E-state index is 0.626. The summed E-state index contributed by atoms with van der Waals surface area (Å²) in [4.78, 5) is 2.54. The minimum atomic E-state index is 0.626. The van der Waals surface area contributed by atoms with Crippen LogP contribution in [0.25, 0.3) is 0 Å². The van der Waals surface area contributed by atoms with Crippen LogP contribution in [0.4, 0.5) is 0 Å². The fourth-order valence-corrected chi connectivity index (χ4v) is 2.89. The van der Waals surface area contributed by atoms with Crippen molar-refractivity contribution in [3.63, 3.8) is 0 Å². The summed E-state index contributed by atoms with van der Waals surface area (Å²) in [5.41, 5.74) is 5.90. The number of morpholine rings is 1. The maximum atomic E-state index is 5.90. The van der Waals surface area contributed by atoms with Gasteiger partial charge in [-0.05, 0) is 18.8 Å². The Morgan fingerprint density at radius 1 is 1.21 bits per heavy atom. The van der Waals surface area contributed by atoms with Crippen LogP contribution in [0.2, 0.25) is 0 Å². The molecule has 0 radical (unpaired) electrons. The number of rotatable bonds is 3. The Morgan fingerprint density at radius 2 is 1.86 bits per heavy atom. The minimum Gasteiger partial charge on any atom is -0.379 e. The summed E-state index contributed by atoms with van der Waals surface area (Å²) in [6, 6.07) is 0.626. The molecule has 0 aromatic carbocycles. The molecular formula is C11H22N2O. The fraction of sp³-hybridized carbons (Fsp3) is 1.00. The number of hydrogen-bond donors (Lipinski definition) is 1. The van der Waals surface area contributed by atoms with Crippen LogP contribution in [0.1, 0.15) is 25.7 Å². The molecule has 3 nitrogen and oxygen atoms in total. The molecule has 0 spiro atoms. The van der Waals surface area contributed by atoms with Gasteiger partial charge in [0.2, 0.25) is 0 Å². The predicted octanol–water partition coefficient (Wildman–Crippen LogP) is 0.836. The molecule has 1 saturated carbocycles. The van der Waals surface area contributed by atoms with E-state index < -0.39 is 0 Å². The molecule has 2 rings (SSSR count). The highest BCUT2D eigenvalue weighted by Crippen LogP contribution is 2.30. The lowest BCUT2D eigenvalue weighted by Crippen LogP contribution is -2.50. The number of ether oxygens (including phenoxy) is 1. The summed E-state index contributed by atoms with van der Waals surface area (Å²) >= 11 is 0. The van der Waals surface area contributed by atoms with Gasteiger partial charge in [0.15, 0.2) is 0 Å². The van der Waals surface area contributed by atoms with Crippen LogP contribution >= 0.6 is 0 Å². The predicted molar refractivity (Wildman–Crippen MR) is 57.2 cm³/mol. The molecular weight excluding hydrogens is 176 g/mol. The summed E-state index contributed by atoms with van der Waals surface area (Å²) in [5, 5.41) is 0. The van der Waals surface area contributed by atoms with Gasteiger partial charge in [0.1, 0.15) is 0 Å². The van der Waals surface area contributed by atoms with Gasteiger partial charge in [-0.25, -0.2) is 0 Å². The molecule has 0 bridgehead atoms. The van der Waals surface area contributed by atoms with Crippen LogP contribution in [-0.4, -0.2) is 43.8 Å². The van der Waals surface area contributed by atoms with Crippen molar-refractivity contribution in [2.24, 2.45) is 11.7 Å². The molecule has 1 saturated heterocycles. The van der Waals surface area contributed by atoms with Crippen LogP contribution < -0.4 is 5.73 Å². The second-order valence-electron chi connectivity index (χ2n) is 4.50. The van der Waals surface area contributed by atoms with E-state index >= 15 is 0 Å². The molecule has 2 fully saturated rings. The van der Waals surface area contributed by atoms with Gasteiger partial charge in [-0.2, -0.15) is 0 Å². The van der Waals surface area contributed by atoms with Crippen molar-refractivity contribution in [2.75, 3.05) is 32.8 Å². The average molecular weight is 198 g/mol. The zero-order valence-corrected chi connectivity index (χ0v) is 8.95. The maximum Gasteiger partial charge on any atom is 0.0594 e. The lowest BCUT2D eigenvalue weighted by atomic mass is 9.96. The lowest BCUT2D eigenvalue weighted by molar-refractivity contribution is 0.00551. The van der Waals surface area contributed by atoms with Gasteiger partial charge >= 0.3 is 0 Å². The smallest absolute Gasteiger partial charge is 0.0594 e. The van der Waals surface area contributed by atoms with E-state index in [0.717, 1.165) is 38.8 Å². The monoisotopic (exact) mass is 198 g/mol. The van der Waals surface area contributed by atoms with Gasteiger partial charge in [0.05, 0.1) is 13.2 Å². The van der Waals surface area contributed by atoms with Crippen molar-refractivity contribution in [3.8, 4) is 0 Å². The van der Waals surface area contributed by atoms with E-state index in [9.17, 15) is 0 Å². The highest BCUT2D eigenvalue weighted by atomic mass is 16.5. The molecule has 1 atom stereocenters. The van der Waals surface area contributed by atoms with Gasteiger partial charge in [0, 0.05) is 25.7 Å². The van der Waals surface area contributed by atoms with E-state index in [1.165, 1.54) is 25.7 Å². The Bertz CT molecular complexity index is 163. The zero-order valence-electron chi connectivity index (χ0n) is 8.95. The number of nitrogens with two attached hydrogens (primary N) is 1. The topological polar surface area (TPSA) is 38.5 Å². The van der Waals surface area contributed by atoms with E-state index in [4.69, 9.17) is 10.5 Å². The molecule has 14 heavy (non-hydrogen) atoms. The Hall–Kier alpha value is -0.120. The van der Waals surface area contributed by atoms with Crippen LogP contribution in [0, 0.1) is 5.92 Å². The van der Waals surface area contributed by atoms with Gasteiger partial charge in [-0.15, -0.1) is 0 Å². The Balaban J connectivity index is 1.89. The number of nitrogens with zero attached hydrogens (tertiary/aromatic N) is 1. The van der Waals surface area contributed by atoms with Gasteiger partial charge < -0.3 is 10.5 Å². The van der Waals surface area contributed by atoms with Crippen molar-refractivity contribution in [3.05, 3.63) is 0 Å². The molecule has 1 heterocycles. The molecule has 0 aromatic rings. The molecule has 2 aliphatic rings. The first-order chi connectivity index (χ1) is 6.92. The van der Waals surface area contributed by atoms with E-state index in [1.54, 1.807) is 0 Å². The molecule has 1 aliphatic carbocycles. The van der Waals surface area contributed by atoms with E-state index in [1.807, 2.05) is 0 Å².